The minimum atomic E-state index is 0.0166. The van der Waals surface area contributed by atoms with Crippen molar-refractivity contribution in [1.29, 1.82) is 0 Å². The van der Waals surface area contributed by atoms with Gasteiger partial charge in [-0.15, -0.1) is 0 Å². The summed E-state index contributed by atoms with van der Waals surface area (Å²) in [5, 5.41) is 6.76. The van der Waals surface area contributed by atoms with Gasteiger partial charge in [-0.3, -0.25) is 4.99 Å². The van der Waals surface area contributed by atoms with Crippen molar-refractivity contribution in [3.63, 3.8) is 0 Å². The van der Waals surface area contributed by atoms with E-state index >= 15 is 0 Å². The molecule has 0 aliphatic rings. The highest BCUT2D eigenvalue weighted by molar-refractivity contribution is 5.80. The molecular weight excluding hydrogens is 238 g/mol. The summed E-state index contributed by atoms with van der Waals surface area (Å²) < 4.78 is 5.31. The van der Waals surface area contributed by atoms with Crippen molar-refractivity contribution in [3.05, 3.63) is 24.2 Å². The molecule has 0 atom stereocenters. The SMILES string of the molecule is CCCCN=C(NCCc1ccco1)NC(C)(C)C. The number of aliphatic imine (C=N–C) groups is 1. The minimum Gasteiger partial charge on any atom is -0.469 e. The highest BCUT2D eigenvalue weighted by atomic mass is 16.3. The molecule has 0 amide bonds. The molecule has 1 aromatic rings. The van der Waals surface area contributed by atoms with E-state index in [9.17, 15) is 0 Å². The van der Waals surface area contributed by atoms with Gasteiger partial charge in [-0.1, -0.05) is 13.3 Å². The molecule has 0 aliphatic carbocycles. The molecule has 0 saturated heterocycles. The molecular formula is C15H27N3O. The van der Waals surface area contributed by atoms with E-state index in [4.69, 9.17) is 4.42 Å². The normalized spacial score (nSPS) is 12.5. The predicted molar refractivity (Wildman–Crippen MR) is 80.5 cm³/mol. The molecule has 0 radical (unpaired) electrons. The topological polar surface area (TPSA) is 49.6 Å². The Balaban J connectivity index is 2.41. The zero-order valence-corrected chi connectivity index (χ0v) is 12.6. The maximum Gasteiger partial charge on any atom is 0.191 e. The monoisotopic (exact) mass is 265 g/mol. The fourth-order valence-electron chi connectivity index (χ4n) is 1.60. The molecule has 0 saturated carbocycles. The highest BCUT2D eigenvalue weighted by Gasteiger charge is 2.11. The number of rotatable bonds is 6. The Kier molecular flexibility index (Phi) is 6.46. The standard InChI is InChI=1S/C15H27N3O/c1-5-6-10-16-14(18-15(2,3)4)17-11-9-13-8-7-12-19-13/h7-8,12H,5-6,9-11H2,1-4H3,(H2,16,17,18). The molecule has 0 aromatic carbocycles. The summed E-state index contributed by atoms with van der Waals surface area (Å²) in [7, 11) is 0. The van der Waals surface area contributed by atoms with Gasteiger partial charge in [-0.2, -0.15) is 0 Å². The number of hydrogen-bond donors (Lipinski definition) is 2. The zero-order chi connectivity index (χ0) is 14.1. The first-order chi connectivity index (χ1) is 9.01. The lowest BCUT2D eigenvalue weighted by Gasteiger charge is -2.24. The zero-order valence-electron chi connectivity index (χ0n) is 12.6. The van der Waals surface area contributed by atoms with Gasteiger partial charge in [0, 0.05) is 25.0 Å². The van der Waals surface area contributed by atoms with Crippen LogP contribution in [0.4, 0.5) is 0 Å². The molecule has 1 heterocycles. The third-order valence-electron chi connectivity index (χ3n) is 2.52. The van der Waals surface area contributed by atoms with E-state index in [0.29, 0.717) is 0 Å². The van der Waals surface area contributed by atoms with Gasteiger partial charge >= 0.3 is 0 Å². The van der Waals surface area contributed by atoms with Gasteiger partial charge in [-0.25, -0.2) is 0 Å². The predicted octanol–water partition coefficient (Wildman–Crippen LogP) is 2.96. The summed E-state index contributed by atoms with van der Waals surface area (Å²) in [6.07, 6.45) is 4.86. The average molecular weight is 265 g/mol. The average Bonchev–Trinajstić information content (AvgIpc) is 2.80. The molecule has 0 aliphatic heterocycles. The summed E-state index contributed by atoms with van der Waals surface area (Å²) in [6, 6.07) is 3.91. The number of furan rings is 1. The number of nitrogens with zero attached hydrogens (tertiary/aromatic N) is 1. The molecule has 0 fully saturated rings. The lowest BCUT2D eigenvalue weighted by atomic mass is 10.1. The number of guanidine groups is 1. The molecule has 0 bridgehead atoms. The van der Waals surface area contributed by atoms with Crippen LogP contribution in [-0.2, 0) is 6.42 Å². The second kappa shape index (κ2) is 7.87. The molecule has 4 heteroatoms. The van der Waals surface area contributed by atoms with E-state index in [-0.39, 0.29) is 5.54 Å². The summed E-state index contributed by atoms with van der Waals surface area (Å²) >= 11 is 0. The second-order valence-electron chi connectivity index (χ2n) is 5.72. The van der Waals surface area contributed by atoms with Crippen LogP contribution < -0.4 is 10.6 Å². The first-order valence-electron chi connectivity index (χ1n) is 7.10. The summed E-state index contributed by atoms with van der Waals surface area (Å²) in [6.45, 7) is 10.3. The van der Waals surface area contributed by atoms with E-state index in [1.807, 2.05) is 12.1 Å². The molecule has 0 unspecified atom stereocenters. The summed E-state index contributed by atoms with van der Waals surface area (Å²) in [4.78, 5) is 4.58. The third kappa shape index (κ3) is 7.54. The third-order valence-corrected chi connectivity index (χ3v) is 2.52. The molecule has 0 spiro atoms. The van der Waals surface area contributed by atoms with Crippen LogP contribution in [0.1, 0.15) is 46.3 Å². The van der Waals surface area contributed by atoms with E-state index in [0.717, 1.165) is 37.7 Å². The molecule has 4 nitrogen and oxygen atoms in total. The van der Waals surface area contributed by atoms with Gasteiger partial charge in [0.25, 0.3) is 0 Å². The second-order valence-corrected chi connectivity index (χ2v) is 5.72. The Morgan fingerprint density at radius 2 is 2.16 bits per heavy atom. The van der Waals surface area contributed by atoms with Crippen molar-refractivity contribution in [2.75, 3.05) is 13.1 Å². The van der Waals surface area contributed by atoms with Crippen molar-refractivity contribution < 1.29 is 4.42 Å². The van der Waals surface area contributed by atoms with Crippen molar-refractivity contribution in [3.8, 4) is 0 Å². The van der Waals surface area contributed by atoms with E-state index in [1.165, 1.54) is 6.42 Å². The van der Waals surface area contributed by atoms with E-state index < -0.39 is 0 Å². The lowest BCUT2D eigenvalue weighted by Crippen LogP contribution is -2.48. The molecule has 19 heavy (non-hydrogen) atoms. The smallest absolute Gasteiger partial charge is 0.191 e. The Hall–Kier alpha value is -1.45. The first-order valence-corrected chi connectivity index (χ1v) is 7.10. The van der Waals surface area contributed by atoms with Crippen LogP contribution in [-0.4, -0.2) is 24.6 Å². The quantitative estimate of drug-likeness (QED) is 0.472. The van der Waals surface area contributed by atoms with Crippen LogP contribution in [0.2, 0.25) is 0 Å². The fraction of sp³-hybridized carbons (Fsp3) is 0.667. The first kappa shape index (κ1) is 15.6. The minimum absolute atomic E-state index is 0.0166. The Labute approximate surface area is 116 Å². The largest absolute Gasteiger partial charge is 0.469 e. The number of hydrogen-bond acceptors (Lipinski definition) is 2. The van der Waals surface area contributed by atoms with Crippen molar-refractivity contribution in [2.45, 2.75) is 52.5 Å². The van der Waals surface area contributed by atoms with Crippen molar-refractivity contribution in [1.82, 2.24) is 10.6 Å². The van der Waals surface area contributed by atoms with Gasteiger partial charge in [0.15, 0.2) is 5.96 Å². The number of unbranched alkanes of at least 4 members (excludes halogenated alkanes) is 1. The Morgan fingerprint density at radius 3 is 2.74 bits per heavy atom. The van der Waals surface area contributed by atoms with E-state index in [2.05, 4.69) is 43.3 Å². The van der Waals surface area contributed by atoms with Gasteiger partial charge in [0.05, 0.1) is 6.26 Å². The Morgan fingerprint density at radius 1 is 1.37 bits per heavy atom. The van der Waals surface area contributed by atoms with Gasteiger partial charge in [0.2, 0.25) is 0 Å². The molecule has 2 N–H and O–H groups in total. The van der Waals surface area contributed by atoms with Crippen LogP contribution in [0, 0.1) is 0 Å². The fourth-order valence-corrected chi connectivity index (χ4v) is 1.60. The lowest BCUT2D eigenvalue weighted by molar-refractivity contribution is 0.491. The van der Waals surface area contributed by atoms with Crippen molar-refractivity contribution in [2.24, 2.45) is 4.99 Å². The van der Waals surface area contributed by atoms with Crippen LogP contribution in [0.5, 0.6) is 0 Å². The number of nitrogens with one attached hydrogen (secondary N) is 2. The van der Waals surface area contributed by atoms with Gasteiger partial charge < -0.3 is 15.1 Å². The molecule has 1 aromatic heterocycles. The Bertz CT molecular complexity index is 363. The van der Waals surface area contributed by atoms with Crippen LogP contribution in [0.25, 0.3) is 0 Å². The van der Waals surface area contributed by atoms with Crippen LogP contribution >= 0.6 is 0 Å². The molecule has 1 rings (SSSR count). The van der Waals surface area contributed by atoms with E-state index in [1.54, 1.807) is 6.26 Å². The van der Waals surface area contributed by atoms with Gasteiger partial charge in [0.1, 0.15) is 5.76 Å². The van der Waals surface area contributed by atoms with Crippen molar-refractivity contribution >= 4 is 5.96 Å². The maximum atomic E-state index is 5.31. The highest BCUT2D eigenvalue weighted by Crippen LogP contribution is 2.01. The molecule has 108 valence electrons. The summed E-state index contributed by atoms with van der Waals surface area (Å²) in [5.74, 6) is 1.88. The maximum absolute atomic E-state index is 5.31. The van der Waals surface area contributed by atoms with Gasteiger partial charge in [-0.05, 0) is 39.3 Å². The van der Waals surface area contributed by atoms with Crippen LogP contribution in [0.15, 0.2) is 27.8 Å². The van der Waals surface area contributed by atoms with Crippen LogP contribution in [0.3, 0.4) is 0 Å². The summed E-state index contributed by atoms with van der Waals surface area (Å²) in [5.41, 5.74) is 0.0166.